The normalized spacial score (nSPS) is 19.9. The summed E-state index contributed by atoms with van der Waals surface area (Å²) >= 11 is 0. The van der Waals surface area contributed by atoms with Gasteiger partial charge in [0.15, 0.2) is 0 Å². The molecule has 0 radical (unpaired) electrons. The Balaban J connectivity index is 1.98. The van der Waals surface area contributed by atoms with Crippen molar-refractivity contribution in [2.75, 3.05) is 24.5 Å². The van der Waals surface area contributed by atoms with E-state index in [4.69, 9.17) is 4.74 Å². The molecule has 0 saturated carbocycles. The van der Waals surface area contributed by atoms with Crippen LogP contribution in [0.4, 0.5) is 10.5 Å². The summed E-state index contributed by atoms with van der Waals surface area (Å²) in [7, 11) is 0. The number of anilines is 1. The molecule has 1 aromatic rings. The van der Waals surface area contributed by atoms with Crippen molar-refractivity contribution in [3.63, 3.8) is 0 Å². The number of hydrogen-bond donors (Lipinski definition) is 0. The van der Waals surface area contributed by atoms with Gasteiger partial charge in [0, 0.05) is 31.4 Å². The molecular weight excluding hydrogens is 252 g/mol. The minimum Gasteiger partial charge on any atom is -0.444 e. The second-order valence-corrected chi connectivity index (χ2v) is 6.30. The molecule has 0 aromatic heterocycles. The summed E-state index contributed by atoms with van der Waals surface area (Å²) in [6.45, 7) is 10.1. The number of amides is 1. The van der Waals surface area contributed by atoms with Crippen LogP contribution in [0.1, 0.15) is 27.7 Å². The quantitative estimate of drug-likeness (QED) is 0.790. The first-order chi connectivity index (χ1) is 9.37. The van der Waals surface area contributed by atoms with Crippen LogP contribution in [0, 0.1) is 0 Å². The molecule has 2 rings (SSSR count). The van der Waals surface area contributed by atoms with E-state index in [0.717, 1.165) is 13.1 Å². The highest BCUT2D eigenvalue weighted by Gasteiger charge is 2.30. The highest BCUT2D eigenvalue weighted by Crippen LogP contribution is 2.20. The summed E-state index contributed by atoms with van der Waals surface area (Å²) in [4.78, 5) is 16.3. The number of para-hydroxylation sites is 1. The molecule has 1 saturated heterocycles. The molecule has 0 N–H and O–H groups in total. The van der Waals surface area contributed by atoms with E-state index in [1.165, 1.54) is 5.69 Å². The third kappa shape index (κ3) is 3.65. The number of ether oxygens (including phenoxy) is 1. The maximum Gasteiger partial charge on any atom is 0.410 e. The van der Waals surface area contributed by atoms with Crippen molar-refractivity contribution in [2.45, 2.75) is 39.3 Å². The zero-order valence-corrected chi connectivity index (χ0v) is 12.8. The maximum absolute atomic E-state index is 12.2. The van der Waals surface area contributed by atoms with E-state index >= 15 is 0 Å². The molecule has 1 fully saturated rings. The van der Waals surface area contributed by atoms with Crippen molar-refractivity contribution >= 4 is 11.8 Å². The molecule has 0 aliphatic carbocycles. The summed E-state index contributed by atoms with van der Waals surface area (Å²) in [6, 6.07) is 10.5. The van der Waals surface area contributed by atoms with Gasteiger partial charge in [-0.2, -0.15) is 0 Å². The number of carbonyl (C=O) groups excluding carboxylic acids is 1. The molecule has 110 valence electrons. The highest BCUT2D eigenvalue weighted by atomic mass is 16.6. The van der Waals surface area contributed by atoms with Crippen molar-refractivity contribution in [2.24, 2.45) is 0 Å². The van der Waals surface area contributed by atoms with Gasteiger partial charge in [0.25, 0.3) is 0 Å². The summed E-state index contributed by atoms with van der Waals surface area (Å²) in [5.41, 5.74) is 0.774. The summed E-state index contributed by atoms with van der Waals surface area (Å²) < 4.78 is 5.46. The molecule has 1 aliphatic rings. The first-order valence-corrected chi connectivity index (χ1v) is 7.16. The highest BCUT2D eigenvalue weighted by molar-refractivity contribution is 5.69. The number of piperazine rings is 1. The molecule has 1 amide bonds. The minimum atomic E-state index is -0.437. The van der Waals surface area contributed by atoms with E-state index in [1.807, 2.05) is 43.9 Å². The minimum absolute atomic E-state index is 0.152. The zero-order valence-electron chi connectivity index (χ0n) is 12.8. The van der Waals surface area contributed by atoms with Crippen LogP contribution in [-0.4, -0.2) is 42.3 Å². The number of nitrogens with zero attached hydrogens (tertiary/aromatic N) is 2. The van der Waals surface area contributed by atoms with E-state index in [-0.39, 0.29) is 12.1 Å². The average Bonchev–Trinajstić information content (AvgIpc) is 2.37. The lowest BCUT2D eigenvalue weighted by atomic mass is 10.1. The van der Waals surface area contributed by atoms with Crippen molar-refractivity contribution in [3.8, 4) is 0 Å². The zero-order chi connectivity index (χ0) is 14.8. The van der Waals surface area contributed by atoms with Crippen LogP contribution < -0.4 is 4.90 Å². The van der Waals surface area contributed by atoms with Crippen molar-refractivity contribution in [1.29, 1.82) is 0 Å². The monoisotopic (exact) mass is 276 g/mol. The van der Waals surface area contributed by atoms with Gasteiger partial charge in [0.2, 0.25) is 0 Å². The largest absolute Gasteiger partial charge is 0.444 e. The van der Waals surface area contributed by atoms with Gasteiger partial charge in [-0.05, 0) is 39.8 Å². The Labute approximate surface area is 121 Å². The van der Waals surface area contributed by atoms with E-state index < -0.39 is 5.60 Å². The van der Waals surface area contributed by atoms with Gasteiger partial charge in [0.1, 0.15) is 5.60 Å². The van der Waals surface area contributed by atoms with Crippen LogP contribution in [0.3, 0.4) is 0 Å². The molecule has 4 nitrogen and oxygen atoms in total. The Morgan fingerprint density at radius 3 is 2.40 bits per heavy atom. The smallest absolute Gasteiger partial charge is 0.410 e. The van der Waals surface area contributed by atoms with E-state index in [1.54, 1.807) is 0 Å². The second kappa shape index (κ2) is 5.73. The summed E-state index contributed by atoms with van der Waals surface area (Å²) in [5.74, 6) is 0. The molecule has 0 bridgehead atoms. The Kier molecular flexibility index (Phi) is 4.21. The standard InChI is InChI=1S/C16H24N2O2/c1-13-12-17(14-8-6-5-7-9-14)10-11-18(13)15(19)20-16(2,3)4/h5-9,13H,10-12H2,1-4H3/t13-/m1/s1. The number of benzene rings is 1. The fourth-order valence-electron chi connectivity index (χ4n) is 2.42. The van der Waals surface area contributed by atoms with Crippen LogP contribution in [0.25, 0.3) is 0 Å². The van der Waals surface area contributed by atoms with Gasteiger partial charge in [-0.1, -0.05) is 18.2 Å². The van der Waals surface area contributed by atoms with Gasteiger partial charge < -0.3 is 14.5 Å². The van der Waals surface area contributed by atoms with E-state index in [0.29, 0.717) is 6.54 Å². The number of rotatable bonds is 1. The lowest BCUT2D eigenvalue weighted by Crippen LogP contribution is -2.55. The van der Waals surface area contributed by atoms with Crippen LogP contribution >= 0.6 is 0 Å². The molecule has 0 spiro atoms. The van der Waals surface area contributed by atoms with Crippen molar-refractivity contribution in [3.05, 3.63) is 30.3 Å². The van der Waals surface area contributed by atoms with Gasteiger partial charge in [-0.3, -0.25) is 0 Å². The lowest BCUT2D eigenvalue weighted by Gasteiger charge is -2.41. The first-order valence-electron chi connectivity index (χ1n) is 7.16. The van der Waals surface area contributed by atoms with Gasteiger partial charge in [-0.25, -0.2) is 4.79 Å². The Bertz CT molecular complexity index is 453. The third-order valence-corrected chi connectivity index (χ3v) is 3.38. The van der Waals surface area contributed by atoms with Crippen molar-refractivity contribution in [1.82, 2.24) is 4.90 Å². The Hall–Kier alpha value is -1.71. The van der Waals surface area contributed by atoms with Crippen LogP contribution in [0.2, 0.25) is 0 Å². The molecule has 1 heterocycles. The van der Waals surface area contributed by atoms with Gasteiger partial charge in [-0.15, -0.1) is 0 Å². The predicted molar refractivity (Wildman–Crippen MR) is 81.1 cm³/mol. The molecule has 4 heteroatoms. The maximum atomic E-state index is 12.2. The van der Waals surface area contributed by atoms with Crippen LogP contribution in [0.15, 0.2) is 30.3 Å². The third-order valence-electron chi connectivity index (χ3n) is 3.38. The fraction of sp³-hybridized carbons (Fsp3) is 0.562. The molecule has 0 unspecified atom stereocenters. The molecule has 1 aliphatic heterocycles. The number of carbonyl (C=O) groups is 1. The second-order valence-electron chi connectivity index (χ2n) is 6.30. The summed E-state index contributed by atoms with van der Waals surface area (Å²) in [6.07, 6.45) is -0.210. The molecule has 20 heavy (non-hydrogen) atoms. The van der Waals surface area contributed by atoms with E-state index in [9.17, 15) is 4.79 Å². The fourth-order valence-corrected chi connectivity index (χ4v) is 2.42. The van der Waals surface area contributed by atoms with E-state index in [2.05, 4.69) is 24.0 Å². The SMILES string of the molecule is C[C@@H]1CN(c2ccccc2)CCN1C(=O)OC(C)(C)C. The van der Waals surface area contributed by atoms with Crippen molar-refractivity contribution < 1.29 is 9.53 Å². The molecule has 1 aromatic carbocycles. The topological polar surface area (TPSA) is 32.8 Å². The summed E-state index contributed by atoms with van der Waals surface area (Å²) in [5, 5.41) is 0. The average molecular weight is 276 g/mol. The van der Waals surface area contributed by atoms with Gasteiger partial charge >= 0.3 is 6.09 Å². The predicted octanol–water partition coefficient (Wildman–Crippen LogP) is 3.13. The van der Waals surface area contributed by atoms with Gasteiger partial charge in [0.05, 0.1) is 0 Å². The Morgan fingerprint density at radius 1 is 1.20 bits per heavy atom. The Morgan fingerprint density at radius 2 is 1.85 bits per heavy atom. The first kappa shape index (κ1) is 14.7. The van der Waals surface area contributed by atoms with Crippen LogP contribution in [0.5, 0.6) is 0 Å². The molecular formula is C16H24N2O2. The lowest BCUT2D eigenvalue weighted by molar-refractivity contribution is 0.0159. The number of hydrogen-bond acceptors (Lipinski definition) is 3. The molecule has 1 atom stereocenters. The van der Waals surface area contributed by atoms with Crippen LogP contribution in [-0.2, 0) is 4.74 Å².